The van der Waals surface area contributed by atoms with Gasteiger partial charge in [0.15, 0.2) is 18.2 Å². The first-order valence-electron chi connectivity index (χ1n) is 13.3. The second-order valence-electron chi connectivity index (χ2n) is 12.4. The predicted molar refractivity (Wildman–Crippen MR) is 146 cm³/mol. The third kappa shape index (κ3) is 4.92. The number of amides is 1. The Morgan fingerprint density at radius 3 is 1.92 bits per heavy atom. The number of primary amides is 1. The van der Waals surface area contributed by atoms with Crippen LogP contribution in [0.1, 0.15) is 70.4 Å². The number of Topliss-reactive ketones (excluding diaryl/α,β-unsaturated/α-hetero) is 2. The summed E-state index contributed by atoms with van der Waals surface area (Å²) in [7, 11) is 0. The van der Waals surface area contributed by atoms with Crippen LogP contribution in [0, 0.1) is 10.8 Å². The first-order valence-corrected chi connectivity index (χ1v) is 13.3. The maximum Gasteiger partial charge on any atom is 0.255 e. The largest absolute Gasteiger partial charge is 0.483 e. The molecule has 0 fully saturated rings. The lowest BCUT2D eigenvalue weighted by Crippen LogP contribution is -2.44. The quantitative estimate of drug-likeness (QED) is 0.557. The predicted octanol–water partition coefficient (Wildman–Crippen LogP) is 5.44. The third-order valence-electron chi connectivity index (χ3n) is 7.81. The summed E-state index contributed by atoms with van der Waals surface area (Å²) in [5, 5.41) is 0. The van der Waals surface area contributed by atoms with Crippen LogP contribution in [0.3, 0.4) is 0 Å². The van der Waals surface area contributed by atoms with Gasteiger partial charge in [0, 0.05) is 53.4 Å². The van der Waals surface area contributed by atoms with Crippen molar-refractivity contribution >= 4 is 17.5 Å². The molecule has 0 bridgehead atoms. The molecule has 2 N–H and O–H groups in total. The SMILES string of the molecule is CC1(C)CC(=O)C2=C(C1)N(Cc1ccccc1)C1=C(C(=O)CC(C)(C)C1)C2c1ccccc1OCC(N)=O. The summed E-state index contributed by atoms with van der Waals surface area (Å²) in [6, 6.07) is 17.6. The van der Waals surface area contributed by atoms with Crippen LogP contribution in [0.2, 0.25) is 0 Å². The van der Waals surface area contributed by atoms with Crippen molar-refractivity contribution in [3.05, 3.63) is 88.3 Å². The average Bonchev–Trinajstić information content (AvgIpc) is 2.83. The highest BCUT2D eigenvalue weighted by molar-refractivity contribution is 6.07. The van der Waals surface area contributed by atoms with Gasteiger partial charge in [-0.05, 0) is 35.3 Å². The van der Waals surface area contributed by atoms with Crippen LogP contribution in [0.5, 0.6) is 5.75 Å². The number of benzene rings is 2. The first-order chi connectivity index (χ1) is 18.0. The molecule has 3 aliphatic rings. The number of para-hydroxylation sites is 1. The van der Waals surface area contributed by atoms with Gasteiger partial charge < -0.3 is 15.4 Å². The zero-order valence-electron chi connectivity index (χ0n) is 22.7. The van der Waals surface area contributed by atoms with Crippen LogP contribution in [0.15, 0.2) is 77.1 Å². The molecule has 2 aromatic rings. The Morgan fingerprint density at radius 1 is 0.842 bits per heavy atom. The Balaban J connectivity index is 1.76. The van der Waals surface area contributed by atoms with Gasteiger partial charge in [0.2, 0.25) is 0 Å². The second kappa shape index (κ2) is 9.57. The Labute approximate surface area is 224 Å². The number of hydrogen-bond donors (Lipinski definition) is 1. The van der Waals surface area contributed by atoms with Gasteiger partial charge in [-0.25, -0.2) is 0 Å². The molecule has 0 radical (unpaired) electrons. The van der Waals surface area contributed by atoms with Crippen LogP contribution in [-0.2, 0) is 20.9 Å². The van der Waals surface area contributed by atoms with E-state index in [0.29, 0.717) is 36.3 Å². The normalized spacial score (nSPS) is 20.8. The van der Waals surface area contributed by atoms with Gasteiger partial charge in [0.25, 0.3) is 5.91 Å². The number of ketones is 2. The summed E-state index contributed by atoms with van der Waals surface area (Å²) in [6.45, 7) is 8.85. The maximum atomic E-state index is 14.0. The smallest absolute Gasteiger partial charge is 0.255 e. The van der Waals surface area contributed by atoms with Crippen LogP contribution in [0.4, 0.5) is 0 Å². The fraction of sp³-hybridized carbons (Fsp3) is 0.406. The zero-order valence-corrected chi connectivity index (χ0v) is 22.7. The highest BCUT2D eigenvalue weighted by Gasteiger charge is 2.49. The summed E-state index contributed by atoms with van der Waals surface area (Å²) >= 11 is 0. The number of ether oxygens (including phenoxy) is 1. The van der Waals surface area contributed by atoms with Crippen molar-refractivity contribution in [3.63, 3.8) is 0 Å². The van der Waals surface area contributed by atoms with Crippen molar-refractivity contribution in [1.29, 1.82) is 0 Å². The molecule has 1 aliphatic heterocycles. The highest BCUT2D eigenvalue weighted by atomic mass is 16.5. The lowest BCUT2D eigenvalue weighted by Gasteiger charge is -2.49. The number of nitrogens with zero attached hydrogens (tertiary/aromatic N) is 1. The second-order valence-corrected chi connectivity index (χ2v) is 12.4. The fourth-order valence-corrected chi connectivity index (χ4v) is 6.31. The van der Waals surface area contributed by atoms with E-state index >= 15 is 0 Å². The molecule has 6 nitrogen and oxygen atoms in total. The monoisotopic (exact) mass is 512 g/mol. The molecule has 0 saturated heterocycles. The van der Waals surface area contributed by atoms with E-state index in [4.69, 9.17) is 10.5 Å². The van der Waals surface area contributed by atoms with Crippen molar-refractivity contribution in [1.82, 2.24) is 4.90 Å². The zero-order chi connectivity index (χ0) is 27.2. The molecule has 0 spiro atoms. The number of nitrogens with two attached hydrogens (primary N) is 1. The van der Waals surface area contributed by atoms with E-state index in [1.54, 1.807) is 6.07 Å². The molecular formula is C32H36N2O4. The summed E-state index contributed by atoms with van der Waals surface area (Å²) in [5.74, 6) is -0.519. The summed E-state index contributed by atoms with van der Waals surface area (Å²) in [5.41, 5.74) is 10.2. The van der Waals surface area contributed by atoms with Crippen LogP contribution in [0.25, 0.3) is 0 Å². The molecular weight excluding hydrogens is 476 g/mol. The standard InChI is InChI=1S/C32H36N2O4/c1-31(2)14-22-29(24(35)16-31)28(21-12-8-9-13-26(21)38-19-27(33)37)30-23(15-32(3,4)17-25(30)36)34(22)18-20-10-6-5-7-11-20/h5-13,28H,14-19H2,1-4H3,(H2,33,37). The van der Waals surface area contributed by atoms with Gasteiger partial charge in [-0.15, -0.1) is 0 Å². The van der Waals surface area contributed by atoms with Gasteiger partial charge in [0.05, 0.1) is 0 Å². The van der Waals surface area contributed by atoms with Crippen LogP contribution in [-0.4, -0.2) is 29.0 Å². The Bertz CT molecular complexity index is 1310. The molecule has 0 saturated carbocycles. The minimum Gasteiger partial charge on any atom is -0.483 e. The van der Waals surface area contributed by atoms with E-state index in [1.807, 2.05) is 36.4 Å². The van der Waals surface area contributed by atoms with E-state index in [2.05, 4.69) is 44.7 Å². The molecule has 0 atom stereocenters. The Kier molecular flexibility index (Phi) is 6.54. The molecule has 0 aromatic heterocycles. The highest BCUT2D eigenvalue weighted by Crippen LogP contribution is 2.55. The number of hydrogen-bond acceptors (Lipinski definition) is 5. The van der Waals surface area contributed by atoms with Gasteiger partial charge >= 0.3 is 0 Å². The minimum atomic E-state index is -0.580. The lowest BCUT2D eigenvalue weighted by atomic mass is 9.63. The van der Waals surface area contributed by atoms with Gasteiger partial charge in [0.1, 0.15) is 5.75 Å². The van der Waals surface area contributed by atoms with E-state index < -0.39 is 11.8 Å². The summed E-state index contributed by atoms with van der Waals surface area (Å²) in [4.78, 5) is 41.8. The first kappa shape index (κ1) is 26.0. The molecule has 1 heterocycles. The van der Waals surface area contributed by atoms with E-state index in [9.17, 15) is 14.4 Å². The molecule has 198 valence electrons. The number of carbonyl (C=O) groups is 3. The van der Waals surface area contributed by atoms with Gasteiger partial charge in [-0.1, -0.05) is 76.2 Å². The number of rotatable bonds is 6. The third-order valence-corrected chi connectivity index (χ3v) is 7.81. The van der Waals surface area contributed by atoms with Crippen LogP contribution >= 0.6 is 0 Å². The number of carbonyl (C=O) groups excluding carboxylic acids is 3. The molecule has 2 aromatic carbocycles. The topological polar surface area (TPSA) is 89.7 Å². The van der Waals surface area contributed by atoms with E-state index in [-0.39, 0.29) is 29.0 Å². The number of allylic oxidation sites excluding steroid dienone is 4. The van der Waals surface area contributed by atoms with Gasteiger partial charge in [-0.2, -0.15) is 0 Å². The van der Waals surface area contributed by atoms with Crippen molar-refractivity contribution in [2.75, 3.05) is 6.61 Å². The Hall–Kier alpha value is -3.67. The van der Waals surface area contributed by atoms with E-state index in [1.165, 1.54) is 0 Å². The lowest BCUT2D eigenvalue weighted by molar-refractivity contribution is -0.121. The minimum absolute atomic E-state index is 0.0631. The molecule has 0 unspecified atom stereocenters. The fourth-order valence-electron chi connectivity index (χ4n) is 6.31. The molecule has 38 heavy (non-hydrogen) atoms. The Morgan fingerprint density at radius 2 is 1.37 bits per heavy atom. The summed E-state index contributed by atoms with van der Waals surface area (Å²) in [6.07, 6.45) is 2.28. The van der Waals surface area contributed by atoms with Crippen LogP contribution < -0.4 is 10.5 Å². The molecule has 6 heteroatoms. The van der Waals surface area contributed by atoms with Crippen molar-refractivity contribution in [3.8, 4) is 5.75 Å². The van der Waals surface area contributed by atoms with E-state index in [0.717, 1.165) is 35.4 Å². The average molecular weight is 513 g/mol. The molecule has 2 aliphatic carbocycles. The van der Waals surface area contributed by atoms with Crippen molar-refractivity contribution < 1.29 is 19.1 Å². The molecule has 5 rings (SSSR count). The molecule has 1 amide bonds. The summed E-state index contributed by atoms with van der Waals surface area (Å²) < 4.78 is 5.83. The van der Waals surface area contributed by atoms with Crippen molar-refractivity contribution in [2.45, 2.75) is 65.8 Å². The van der Waals surface area contributed by atoms with Crippen molar-refractivity contribution in [2.24, 2.45) is 16.6 Å². The van der Waals surface area contributed by atoms with Gasteiger partial charge in [-0.3, -0.25) is 14.4 Å². The maximum absolute atomic E-state index is 14.0.